The van der Waals surface area contributed by atoms with Crippen LogP contribution in [0.5, 0.6) is 11.5 Å². The molecule has 2 aromatic carbocycles. The number of amides is 1. The van der Waals surface area contributed by atoms with E-state index in [4.69, 9.17) is 20.2 Å². The average Bonchev–Trinajstić information content (AvgIpc) is 2.89. The highest BCUT2D eigenvalue weighted by atomic mass is 16.5. The Morgan fingerprint density at radius 2 is 1.89 bits per heavy atom. The van der Waals surface area contributed by atoms with Gasteiger partial charge in [0.15, 0.2) is 5.96 Å². The minimum atomic E-state index is -0.409. The number of carbonyl (C=O) groups is 1. The Hall–Kier alpha value is -3.48. The second kappa shape index (κ2) is 12.0. The van der Waals surface area contributed by atoms with Crippen molar-refractivity contribution in [1.29, 1.82) is 0 Å². The molecule has 1 aliphatic heterocycles. The van der Waals surface area contributed by atoms with Crippen LogP contribution in [0.2, 0.25) is 0 Å². The lowest BCUT2D eigenvalue weighted by atomic mass is 9.88. The molecule has 0 aliphatic carbocycles. The van der Waals surface area contributed by atoms with Crippen molar-refractivity contribution >= 4 is 17.6 Å². The summed E-state index contributed by atoms with van der Waals surface area (Å²) in [6.45, 7) is 13.3. The quantitative estimate of drug-likeness (QED) is 0.413. The molecule has 0 fully saturated rings. The molecule has 0 spiro atoms. The van der Waals surface area contributed by atoms with Crippen LogP contribution >= 0.6 is 0 Å². The molecule has 0 radical (unpaired) electrons. The molecular formula is C29H40N4O3. The molecule has 3 N–H and O–H groups in total. The van der Waals surface area contributed by atoms with Crippen LogP contribution in [0.25, 0.3) is 5.70 Å². The summed E-state index contributed by atoms with van der Waals surface area (Å²) in [7, 11) is 1.68. The van der Waals surface area contributed by atoms with Crippen molar-refractivity contribution < 1.29 is 14.3 Å². The molecule has 0 saturated carbocycles. The van der Waals surface area contributed by atoms with Gasteiger partial charge in [0.25, 0.3) is 0 Å². The molecule has 194 valence electrons. The van der Waals surface area contributed by atoms with Gasteiger partial charge in [-0.15, -0.1) is 0 Å². The predicted molar refractivity (Wildman–Crippen MR) is 146 cm³/mol. The maximum absolute atomic E-state index is 13.1. The van der Waals surface area contributed by atoms with E-state index in [2.05, 4.69) is 24.9 Å². The Morgan fingerprint density at radius 3 is 2.50 bits per heavy atom. The van der Waals surface area contributed by atoms with E-state index >= 15 is 0 Å². The third-order valence-corrected chi connectivity index (χ3v) is 7.03. The first-order chi connectivity index (χ1) is 17.3. The van der Waals surface area contributed by atoms with E-state index in [1.165, 1.54) is 0 Å². The van der Waals surface area contributed by atoms with E-state index in [1.807, 2.05) is 57.2 Å². The Labute approximate surface area is 215 Å². The molecule has 36 heavy (non-hydrogen) atoms. The topological polar surface area (TPSA) is 89.2 Å². The van der Waals surface area contributed by atoms with Gasteiger partial charge in [-0.05, 0) is 56.0 Å². The number of ether oxygens (including phenoxy) is 2. The van der Waals surface area contributed by atoms with Crippen molar-refractivity contribution in [2.75, 3.05) is 13.7 Å². The molecule has 1 unspecified atom stereocenters. The monoisotopic (exact) mass is 492 g/mol. The first-order valence-electron chi connectivity index (χ1n) is 12.8. The standard InChI is InChI=1S/C29H40N4O3/c1-7-24(23-13-11-12-14-26(23)35-6)31-20(5)21-15-16-25(36-10-4)22(17-21)19-33-27(34)18-29(8-2,9-3)32-28(33)30/h11-17,24,31H,5,7-10,18-19H2,1-4,6H3,(H2,30,32). The number of benzene rings is 2. The summed E-state index contributed by atoms with van der Waals surface area (Å²) in [4.78, 5) is 19.4. The summed E-state index contributed by atoms with van der Waals surface area (Å²) in [5, 5.41) is 3.56. The third kappa shape index (κ3) is 5.83. The predicted octanol–water partition coefficient (Wildman–Crippen LogP) is 5.41. The number of nitrogens with one attached hydrogen (secondary N) is 1. The summed E-state index contributed by atoms with van der Waals surface area (Å²) >= 11 is 0. The van der Waals surface area contributed by atoms with E-state index in [0.29, 0.717) is 18.8 Å². The minimum absolute atomic E-state index is 0.0155. The maximum atomic E-state index is 13.1. The normalized spacial score (nSPS) is 15.8. The molecule has 1 atom stereocenters. The van der Waals surface area contributed by atoms with Crippen LogP contribution in [0.4, 0.5) is 0 Å². The van der Waals surface area contributed by atoms with Gasteiger partial charge < -0.3 is 20.5 Å². The van der Waals surface area contributed by atoms with Crippen molar-refractivity contribution in [1.82, 2.24) is 10.2 Å². The molecule has 2 aromatic rings. The van der Waals surface area contributed by atoms with Crippen LogP contribution in [-0.4, -0.2) is 36.0 Å². The maximum Gasteiger partial charge on any atom is 0.232 e. The molecule has 7 heteroatoms. The lowest BCUT2D eigenvalue weighted by Gasteiger charge is -2.36. The van der Waals surface area contributed by atoms with Crippen LogP contribution in [-0.2, 0) is 11.3 Å². The highest BCUT2D eigenvalue weighted by Gasteiger charge is 2.37. The number of carbonyl (C=O) groups excluding carboxylic acids is 1. The number of methoxy groups -OCH3 is 1. The second-order valence-corrected chi connectivity index (χ2v) is 9.14. The fourth-order valence-corrected chi connectivity index (χ4v) is 4.68. The fraction of sp³-hybridized carbons (Fsp3) is 0.448. The highest BCUT2D eigenvalue weighted by molar-refractivity contribution is 5.99. The minimum Gasteiger partial charge on any atom is -0.496 e. The summed E-state index contributed by atoms with van der Waals surface area (Å²) in [6, 6.07) is 13.9. The third-order valence-electron chi connectivity index (χ3n) is 7.03. The van der Waals surface area contributed by atoms with Crippen molar-refractivity contribution in [2.45, 2.75) is 71.5 Å². The number of rotatable bonds is 12. The van der Waals surface area contributed by atoms with E-state index in [0.717, 1.165) is 47.4 Å². The van der Waals surface area contributed by atoms with Crippen molar-refractivity contribution in [3.63, 3.8) is 0 Å². The van der Waals surface area contributed by atoms with Crippen molar-refractivity contribution in [3.05, 3.63) is 65.7 Å². The van der Waals surface area contributed by atoms with E-state index in [1.54, 1.807) is 12.0 Å². The van der Waals surface area contributed by atoms with Gasteiger partial charge in [-0.3, -0.25) is 9.69 Å². The SMILES string of the molecule is C=C(NC(CC)c1ccccc1OC)c1ccc(OCC)c(CN2C(=O)CC(CC)(CC)N=C2N)c1. The van der Waals surface area contributed by atoms with Crippen LogP contribution in [0.3, 0.4) is 0 Å². The summed E-state index contributed by atoms with van der Waals surface area (Å²) in [6.07, 6.45) is 2.77. The lowest BCUT2D eigenvalue weighted by Crippen LogP contribution is -2.50. The zero-order chi connectivity index (χ0) is 26.3. The zero-order valence-electron chi connectivity index (χ0n) is 22.3. The molecule has 0 bridgehead atoms. The number of hydrogen-bond donors (Lipinski definition) is 2. The molecule has 1 aliphatic rings. The second-order valence-electron chi connectivity index (χ2n) is 9.14. The Morgan fingerprint density at radius 1 is 1.17 bits per heavy atom. The summed E-state index contributed by atoms with van der Waals surface area (Å²) in [5.74, 6) is 1.81. The van der Waals surface area contributed by atoms with Gasteiger partial charge in [-0.2, -0.15) is 0 Å². The van der Waals surface area contributed by atoms with Gasteiger partial charge in [0.05, 0.1) is 38.3 Å². The average molecular weight is 493 g/mol. The number of hydrogen-bond acceptors (Lipinski definition) is 6. The van der Waals surface area contributed by atoms with Crippen LogP contribution in [0.1, 0.15) is 76.1 Å². The van der Waals surface area contributed by atoms with E-state index in [9.17, 15) is 4.79 Å². The Bertz CT molecular complexity index is 1110. The molecule has 1 amide bonds. The Kier molecular flexibility index (Phi) is 9.02. The van der Waals surface area contributed by atoms with Gasteiger partial charge in [-0.25, -0.2) is 4.99 Å². The smallest absolute Gasteiger partial charge is 0.232 e. The molecule has 0 saturated heterocycles. The molecule has 0 aromatic heterocycles. The molecule has 7 nitrogen and oxygen atoms in total. The largest absolute Gasteiger partial charge is 0.496 e. The van der Waals surface area contributed by atoms with E-state index in [-0.39, 0.29) is 24.5 Å². The number of guanidine groups is 1. The van der Waals surface area contributed by atoms with Crippen LogP contribution in [0, 0.1) is 0 Å². The summed E-state index contributed by atoms with van der Waals surface area (Å²) < 4.78 is 11.4. The molecule has 1 heterocycles. The van der Waals surface area contributed by atoms with Gasteiger partial charge >= 0.3 is 0 Å². The first kappa shape index (κ1) is 27.1. The van der Waals surface area contributed by atoms with Crippen LogP contribution < -0.4 is 20.5 Å². The number of nitrogens with two attached hydrogens (primary N) is 1. The molecular weight excluding hydrogens is 452 g/mol. The number of nitrogens with zero attached hydrogens (tertiary/aromatic N) is 2. The molecule has 3 rings (SSSR count). The van der Waals surface area contributed by atoms with Gasteiger partial charge in [0.2, 0.25) is 5.91 Å². The number of aliphatic imine (C=N–C) groups is 1. The van der Waals surface area contributed by atoms with Crippen LogP contribution in [0.15, 0.2) is 54.0 Å². The lowest BCUT2D eigenvalue weighted by molar-refractivity contribution is -0.130. The van der Waals surface area contributed by atoms with Gasteiger partial charge in [-0.1, -0.05) is 45.5 Å². The van der Waals surface area contributed by atoms with Gasteiger partial charge in [0.1, 0.15) is 11.5 Å². The van der Waals surface area contributed by atoms with Crippen molar-refractivity contribution in [2.24, 2.45) is 10.7 Å². The Balaban J connectivity index is 1.88. The van der Waals surface area contributed by atoms with E-state index < -0.39 is 5.54 Å². The highest BCUT2D eigenvalue weighted by Crippen LogP contribution is 2.33. The fourth-order valence-electron chi connectivity index (χ4n) is 4.68. The van der Waals surface area contributed by atoms with Gasteiger partial charge in [0, 0.05) is 16.8 Å². The number of para-hydroxylation sites is 1. The first-order valence-corrected chi connectivity index (χ1v) is 12.8. The zero-order valence-corrected chi connectivity index (χ0v) is 22.3. The van der Waals surface area contributed by atoms with Crippen molar-refractivity contribution in [3.8, 4) is 11.5 Å². The summed E-state index contributed by atoms with van der Waals surface area (Å²) in [5.41, 5.74) is 9.53.